The Hall–Kier alpha value is -4.43. The summed E-state index contributed by atoms with van der Waals surface area (Å²) in [5, 5.41) is 1.04. The molecule has 0 saturated heterocycles. The molecule has 3 heterocycles. The van der Waals surface area contributed by atoms with E-state index in [1.807, 2.05) is 82.4 Å². The smallest absolute Gasteiger partial charge is 0.233 e. The quantitative estimate of drug-likeness (QED) is 0.366. The lowest BCUT2D eigenvalue weighted by atomic mass is 10.2. The maximum Gasteiger partial charge on any atom is 0.233 e. The number of nitrogens with zero attached hydrogens (tertiary/aromatic N) is 5. The number of hydrogen-bond donors (Lipinski definition) is 2. The molecule has 0 aliphatic heterocycles. The first kappa shape index (κ1) is 20.5. The van der Waals surface area contributed by atoms with Crippen molar-refractivity contribution in [2.45, 2.75) is 0 Å². The minimum absolute atomic E-state index is 0.438. The molecule has 0 saturated carbocycles. The maximum absolute atomic E-state index is 6.07. The second kappa shape index (κ2) is 8.97. The number of aromatic nitrogens is 4. The van der Waals surface area contributed by atoms with Crippen LogP contribution in [0.5, 0.6) is 11.6 Å². The first-order valence-electron chi connectivity index (χ1n) is 10.6. The van der Waals surface area contributed by atoms with E-state index in [0.29, 0.717) is 36.4 Å². The highest BCUT2D eigenvalue weighted by atomic mass is 16.5. The largest absolute Gasteiger partial charge is 0.439 e. The van der Waals surface area contributed by atoms with Crippen LogP contribution < -0.4 is 21.1 Å². The zero-order valence-corrected chi connectivity index (χ0v) is 17.9. The topological polar surface area (TPSA) is 108 Å². The van der Waals surface area contributed by atoms with Crippen LogP contribution in [0.3, 0.4) is 0 Å². The van der Waals surface area contributed by atoms with Gasteiger partial charge < -0.3 is 25.7 Å². The molecule has 33 heavy (non-hydrogen) atoms. The van der Waals surface area contributed by atoms with Gasteiger partial charge >= 0.3 is 0 Å². The van der Waals surface area contributed by atoms with Gasteiger partial charge in [-0.05, 0) is 54.6 Å². The van der Waals surface area contributed by atoms with Crippen molar-refractivity contribution in [3.8, 4) is 17.4 Å². The van der Waals surface area contributed by atoms with Crippen LogP contribution in [0.25, 0.3) is 16.7 Å². The van der Waals surface area contributed by atoms with Crippen molar-refractivity contribution < 1.29 is 4.74 Å². The van der Waals surface area contributed by atoms with E-state index in [-0.39, 0.29) is 0 Å². The minimum atomic E-state index is 0.438. The van der Waals surface area contributed by atoms with Gasteiger partial charge in [-0.3, -0.25) is 0 Å². The highest BCUT2D eigenvalue weighted by molar-refractivity contribution is 5.83. The molecule has 0 radical (unpaired) electrons. The number of rotatable bonds is 7. The number of ether oxygens (including phenoxy) is 1. The van der Waals surface area contributed by atoms with Crippen LogP contribution in [-0.2, 0) is 0 Å². The Morgan fingerprint density at radius 2 is 1.85 bits per heavy atom. The maximum atomic E-state index is 6.07. The number of nitrogen functional groups attached to an aromatic ring is 1. The number of hydrogen-bond acceptors (Lipinski definition) is 7. The number of benzene rings is 2. The van der Waals surface area contributed by atoms with E-state index in [1.165, 1.54) is 0 Å². The first-order valence-corrected chi connectivity index (χ1v) is 10.6. The molecule has 2 aromatic carbocycles. The fourth-order valence-electron chi connectivity index (χ4n) is 3.69. The van der Waals surface area contributed by atoms with Crippen molar-refractivity contribution >= 4 is 28.2 Å². The van der Waals surface area contributed by atoms with Gasteiger partial charge in [0.1, 0.15) is 11.6 Å². The summed E-state index contributed by atoms with van der Waals surface area (Å²) >= 11 is 0. The van der Waals surface area contributed by atoms with E-state index in [0.717, 1.165) is 22.4 Å². The van der Waals surface area contributed by atoms with Gasteiger partial charge in [-0.2, -0.15) is 4.98 Å². The third kappa shape index (κ3) is 4.32. The van der Waals surface area contributed by atoms with Crippen molar-refractivity contribution in [1.29, 1.82) is 0 Å². The lowest BCUT2D eigenvalue weighted by Crippen LogP contribution is -2.26. The molecule has 8 nitrogen and oxygen atoms in total. The lowest BCUT2D eigenvalue weighted by Gasteiger charge is -2.22. The van der Waals surface area contributed by atoms with Crippen molar-refractivity contribution in [3.05, 3.63) is 91.4 Å². The monoisotopic (exact) mass is 437 g/mol. The van der Waals surface area contributed by atoms with E-state index in [4.69, 9.17) is 16.2 Å². The van der Waals surface area contributed by atoms with Crippen molar-refractivity contribution in [2.75, 3.05) is 23.7 Å². The number of nitrogens with two attached hydrogens (primary N) is 2. The molecule has 0 unspecified atom stereocenters. The van der Waals surface area contributed by atoms with Crippen LogP contribution in [-0.4, -0.2) is 32.6 Å². The summed E-state index contributed by atoms with van der Waals surface area (Å²) in [5.41, 5.74) is 14.4. The summed E-state index contributed by atoms with van der Waals surface area (Å²) in [6, 6.07) is 23.0. The van der Waals surface area contributed by atoms with E-state index < -0.39 is 0 Å². The molecule has 5 rings (SSSR count). The number of pyridine rings is 1. The molecular weight excluding hydrogens is 414 g/mol. The van der Waals surface area contributed by atoms with E-state index >= 15 is 0 Å². The third-order valence-electron chi connectivity index (χ3n) is 5.17. The summed E-state index contributed by atoms with van der Waals surface area (Å²) in [7, 11) is 0. The van der Waals surface area contributed by atoms with Crippen LogP contribution in [0.4, 0.5) is 17.3 Å². The predicted octanol–water partition coefficient (Wildman–Crippen LogP) is 4.29. The summed E-state index contributed by atoms with van der Waals surface area (Å²) in [5.74, 6) is 2.48. The second-order valence-corrected chi connectivity index (χ2v) is 7.43. The summed E-state index contributed by atoms with van der Waals surface area (Å²) in [6.45, 7) is 0.979. The molecular formula is C25H23N7O. The van der Waals surface area contributed by atoms with E-state index in [1.54, 1.807) is 18.5 Å². The van der Waals surface area contributed by atoms with Crippen molar-refractivity contribution in [1.82, 2.24) is 19.5 Å². The Labute approximate surface area is 191 Å². The van der Waals surface area contributed by atoms with Crippen LogP contribution in [0, 0.1) is 0 Å². The van der Waals surface area contributed by atoms with Gasteiger partial charge in [-0.15, -0.1) is 0 Å². The Morgan fingerprint density at radius 1 is 0.909 bits per heavy atom. The fraction of sp³-hybridized carbons (Fsp3) is 0.0800. The molecule has 164 valence electrons. The Bertz CT molecular complexity index is 1380. The van der Waals surface area contributed by atoms with Crippen molar-refractivity contribution in [3.63, 3.8) is 0 Å². The number of fused-ring (bicyclic) bond motifs is 1. The van der Waals surface area contributed by atoms with Gasteiger partial charge in [0.15, 0.2) is 0 Å². The standard InChI is InChI=1S/C25H23N7O/c26-11-15-31(20-5-3-4-19(27)17-20)25-29-13-9-24(30-25)33-21-7-8-22-18(16-21)10-14-32(22)23-6-1-2-12-28-23/h1-10,12-14,16-17H,11,15,26-27H2. The zero-order valence-electron chi connectivity index (χ0n) is 17.9. The zero-order chi connectivity index (χ0) is 22.6. The van der Waals surface area contributed by atoms with E-state index in [9.17, 15) is 0 Å². The minimum Gasteiger partial charge on any atom is -0.439 e. The lowest BCUT2D eigenvalue weighted by molar-refractivity contribution is 0.462. The Kier molecular flexibility index (Phi) is 5.57. The second-order valence-electron chi connectivity index (χ2n) is 7.43. The van der Waals surface area contributed by atoms with Gasteiger partial charge in [-0.25, -0.2) is 9.97 Å². The molecule has 0 fully saturated rings. The molecule has 0 aliphatic carbocycles. The van der Waals surface area contributed by atoms with Gasteiger partial charge in [-0.1, -0.05) is 12.1 Å². The molecule has 3 aromatic heterocycles. The van der Waals surface area contributed by atoms with Crippen LogP contribution >= 0.6 is 0 Å². The summed E-state index contributed by atoms with van der Waals surface area (Å²) in [6.07, 6.45) is 5.45. The number of anilines is 3. The average Bonchev–Trinajstić information content (AvgIpc) is 3.26. The summed E-state index contributed by atoms with van der Waals surface area (Å²) in [4.78, 5) is 15.4. The van der Waals surface area contributed by atoms with Gasteiger partial charge in [0.2, 0.25) is 11.8 Å². The summed E-state index contributed by atoms with van der Waals surface area (Å²) < 4.78 is 8.11. The molecule has 8 heteroatoms. The molecule has 0 spiro atoms. The third-order valence-corrected chi connectivity index (χ3v) is 5.17. The first-order chi connectivity index (χ1) is 16.2. The normalized spacial score (nSPS) is 10.9. The van der Waals surface area contributed by atoms with Crippen molar-refractivity contribution in [2.24, 2.45) is 5.73 Å². The Balaban J connectivity index is 1.42. The molecule has 5 aromatic rings. The molecule has 0 atom stereocenters. The molecule has 0 aliphatic rings. The van der Waals surface area contributed by atoms with Gasteiger partial charge in [0.25, 0.3) is 0 Å². The van der Waals surface area contributed by atoms with Gasteiger partial charge in [0.05, 0.1) is 5.52 Å². The highest BCUT2D eigenvalue weighted by Gasteiger charge is 2.14. The van der Waals surface area contributed by atoms with Gasteiger partial charge in [0, 0.05) is 54.5 Å². The van der Waals surface area contributed by atoms with E-state index in [2.05, 4.69) is 15.0 Å². The van der Waals surface area contributed by atoms with Crippen LogP contribution in [0.2, 0.25) is 0 Å². The molecule has 4 N–H and O–H groups in total. The molecule has 0 bridgehead atoms. The Morgan fingerprint density at radius 3 is 2.67 bits per heavy atom. The highest BCUT2D eigenvalue weighted by Crippen LogP contribution is 2.29. The van der Waals surface area contributed by atoms with Crippen LogP contribution in [0.15, 0.2) is 91.4 Å². The average molecular weight is 438 g/mol. The SMILES string of the molecule is NCCN(c1cccc(N)c1)c1nccc(Oc2ccc3c(ccn3-c3ccccn3)c2)n1. The van der Waals surface area contributed by atoms with Crippen LogP contribution in [0.1, 0.15) is 0 Å². The fourth-order valence-corrected chi connectivity index (χ4v) is 3.69. The molecule has 0 amide bonds. The predicted molar refractivity (Wildman–Crippen MR) is 130 cm³/mol.